The summed E-state index contributed by atoms with van der Waals surface area (Å²) in [6.45, 7) is 3.77. The predicted octanol–water partition coefficient (Wildman–Crippen LogP) is 2.27. The van der Waals surface area contributed by atoms with Crippen molar-refractivity contribution in [2.75, 3.05) is 6.61 Å². The molecule has 1 aromatic heterocycles. The maximum absolute atomic E-state index is 12.2. The molecular formula is C15H15N3O2S. The van der Waals surface area contributed by atoms with E-state index < -0.39 is 11.9 Å². The number of pyridine rings is 1. The number of nitriles is 1. The summed E-state index contributed by atoms with van der Waals surface area (Å²) in [6, 6.07) is 5.76. The summed E-state index contributed by atoms with van der Waals surface area (Å²) in [6.07, 6.45) is 3.28. The number of allylic oxidation sites excluding steroid dienone is 2. The number of nitrogens with one attached hydrogen (secondary N) is 1. The molecule has 0 spiro atoms. The van der Waals surface area contributed by atoms with Crippen LogP contribution in [0.25, 0.3) is 0 Å². The van der Waals surface area contributed by atoms with E-state index >= 15 is 0 Å². The van der Waals surface area contributed by atoms with Crippen LogP contribution < -0.4 is 5.32 Å². The first-order chi connectivity index (χ1) is 10.1. The highest BCUT2D eigenvalue weighted by molar-refractivity contribution is 7.84. The summed E-state index contributed by atoms with van der Waals surface area (Å²) >= 11 is 4.34. The van der Waals surface area contributed by atoms with Gasteiger partial charge in [0.15, 0.2) is 0 Å². The second-order valence-electron chi connectivity index (χ2n) is 4.48. The Labute approximate surface area is 128 Å². The van der Waals surface area contributed by atoms with Crippen molar-refractivity contribution in [3.8, 4) is 6.07 Å². The molecule has 0 aromatic carbocycles. The normalized spacial score (nSPS) is 18.1. The number of carbonyl (C=O) groups excluding carboxylic acids is 1. The maximum atomic E-state index is 12.2. The number of ether oxygens (including phenoxy) is 1. The molecule has 1 unspecified atom stereocenters. The highest BCUT2D eigenvalue weighted by Gasteiger charge is 2.34. The Bertz CT molecular complexity index is 659. The number of nitrogens with zero attached hydrogens (tertiary/aromatic N) is 2. The summed E-state index contributed by atoms with van der Waals surface area (Å²) in [5.41, 5.74) is 2.22. The van der Waals surface area contributed by atoms with E-state index in [1.807, 2.05) is 6.07 Å². The van der Waals surface area contributed by atoms with Crippen LogP contribution in [0.1, 0.15) is 25.3 Å². The third kappa shape index (κ3) is 2.93. The van der Waals surface area contributed by atoms with Gasteiger partial charge < -0.3 is 10.1 Å². The number of rotatable bonds is 3. The summed E-state index contributed by atoms with van der Waals surface area (Å²) in [4.78, 5) is 16.3. The first kappa shape index (κ1) is 15.1. The number of aromatic nitrogens is 1. The summed E-state index contributed by atoms with van der Waals surface area (Å²) in [5.74, 6) is -0.999. The second kappa shape index (κ2) is 6.46. The van der Waals surface area contributed by atoms with E-state index in [1.165, 1.54) is 0 Å². The molecule has 0 saturated carbocycles. The summed E-state index contributed by atoms with van der Waals surface area (Å²) in [7, 11) is 0. The van der Waals surface area contributed by atoms with Crippen molar-refractivity contribution in [2.24, 2.45) is 0 Å². The molecule has 0 aliphatic carbocycles. The Balaban J connectivity index is 2.58. The lowest BCUT2D eigenvalue weighted by Gasteiger charge is -2.27. The number of dihydropyridines is 1. The van der Waals surface area contributed by atoms with Gasteiger partial charge in [-0.2, -0.15) is 5.26 Å². The van der Waals surface area contributed by atoms with Gasteiger partial charge in [-0.3, -0.25) is 4.98 Å². The van der Waals surface area contributed by atoms with Gasteiger partial charge in [0.05, 0.1) is 34.8 Å². The molecule has 5 nitrogen and oxygen atoms in total. The number of hydrogen-bond acceptors (Lipinski definition) is 6. The molecule has 1 atom stereocenters. The molecule has 1 aliphatic heterocycles. The minimum absolute atomic E-state index is 0.258. The fourth-order valence-electron chi connectivity index (χ4n) is 2.26. The first-order valence-corrected chi connectivity index (χ1v) is 6.92. The van der Waals surface area contributed by atoms with Gasteiger partial charge in [0.2, 0.25) is 0 Å². The predicted molar refractivity (Wildman–Crippen MR) is 81.1 cm³/mol. The zero-order valence-electron chi connectivity index (χ0n) is 11.8. The Hall–Kier alpha value is -2.26. The summed E-state index contributed by atoms with van der Waals surface area (Å²) in [5, 5.41) is 12.8. The van der Waals surface area contributed by atoms with E-state index in [2.05, 4.69) is 29.0 Å². The molecule has 1 aliphatic rings. The van der Waals surface area contributed by atoms with Gasteiger partial charge in [0.25, 0.3) is 0 Å². The molecule has 1 aromatic rings. The molecule has 6 heteroatoms. The fourth-order valence-corrected chi connectivity index (χ4v) is 2.65. The van der Waals surface area contributed by atoms with E-state index in [-0.39, 0.29) is 6.61 Å². The van der Waals surface area contributed by atoms with Gasteiger partial charge in [-0.25, -0.2) is 4.79 Å². The van der Waals surface area contributed by atoms with Crippen LogP contribution in [0.4, 0.5) is 0 Å². The first-order valence-electron chi connectivity index (χ1n) is 6.48. The maximum Gasteiger partial charge on any atom is 0.337 e. The largest absolute Gasteiger partial charge is 0.463 e. The number of esters is 1. The van der Waals surface area contributed by atoms with E-state index in [0.717, 1.165) is 5.56 Å². The van der Waals surface area contributed by atoms with Crippen LogP contribution >= 0.6 is 12.6 Å². The molecule has 108 valence electrons. The second-order valence-corrected chi connectivity index (χ2v) is 4.92. The van der Waals surface area contributed by atoms with Crippen LogP contribution in [-0.4, -0.2) is 17.6 Å². The quantitative estimate of drug-likeness (QED) is 0.661. The van der Waals surface area contributed by atoms with Crippen LogP contribution in [0.2, 0.25) is 0 Å². The highest BCUT2D eigenvalue weighted by atomic mass is 32.1. The van der Waals surface area contributed by atoms with Gasteiger partial charge in [-0.15, -0.1) is 12.6 Å². The SMILES string of the molecule is CCOC(=O)C1=C(S)NC(C)=C(C#N)C1c1cccnc1. The Morgan fingerprint density at radius 3 is 2.95 bits per heavy atom. The van der Waals surface area contributed by atoms with Crippen molar-refractivity contribution < 1.29 is 9.53 Å². The van der Waals surface area contributed by atoms with Gasteiger partial charge in [-0.1, -0.05) is 6.07 Å². The van der Waals surface area contributed by atoms with Crippen LogP contribution in [0.5, 0.6) is 0 Å². The van der Waals surface area contributed by atoms with Crippen LogP contribution in [-0.2, 0) is 9.53 Å². The molecule has 0 radical (unpaired) electrons. The number of thiol groups is 1. The van der Waals surface area contributed by atoms with E-state index in [9.17, 15) is 10.1 Å². The van der Waals surface area contributed by atoms with Gasteiger partial charge in [0.1, 0.15) is 0 Å². The number of carbonyl (C=O) groups is 1. The van der Waals surface area contributed by atoms with Crippen molar-refractivity contribution in [3.63, 3.8) is 0 Å². The van der Waals surface area contributed by atoms with Gasteiger partial charge in [-0.05, 0) is 25.5 Å². The standard InChI is InChI=1S/C15H15N3O2S/c1-3-20-15(19)13-12(10-5-4-6-17-8-10)11(7-16)9(2)18-14(13)21/h4-6,8,12,18,21H,3H2,1-2H3. The van der Waals surface area contributed by atoms with Crippen molar-refractivity contribution in [3.05, 3.63) is 52.0 Å². The van der Waals surface area contributed by atoms with Gasteiger partial charge >= 0.3 is 5.97 Å². The third-order valence-corrected chi connectivity index (χ3v) is 3.53. The van der Waals surface area contributed by atoms with E-state index in [0.29, 0.717) is 21.9 Å². The Kier molecular flexibility index (Phi) is 4.66. The minimum Gasteiger partial charge on any atom is -0.463 e. The molecule has 0 fully saturated rings. The molecular weight excluding hydrogens is 286 g/mol. The molecule has 2 heterocycles. The molecule has 1 N–H and O–H groups in total. The van der Waals surface area contributed by atoms with Crippen LogP contribution in [0.15, 0.2) is 46.4 Å². The lowest BCUT2D eigenvalue weighted by atomic mass is 9.83. The zero-order chi connectivity index (χ0) is 15.4. The number of hydrogen-bond donors (Lipinski definition) is 2. The topological polar surface area (TPSA) is 75.0 Å². The van der Waals surface area contributed by atoms with Crippen molar-refractivity contribution in [1.82, 2.24) is 10.3 Å². The fraction of sp³-hybridized carbons (Fsp3) is 0.267. The van der Waals surface area contributed by atoms with Crippen LogP contribution in [0, 0.1) is 11.3 Å². The van der Waals surface area contributed by atoms with Crippen molar-refractivity contribution in [2.45, 2.75) is 19.8 Å². The monoisotopic (exact) mass is 301 g/mol. The van der Waals surface area contributed by atoms with Crippen LogP contribution in [0.3, 0.4) is 0 Å². The van der Waals surface area contributed by atoms with Crippen molar-refractivity contribution in [1.29, 1.82) is 5.26 Å². The molecule has 0 amide bonds. The molecule has 0 bridgehead atoms. The lowest BCUT2D eigenvalue weighted by Crippen LogP contribution is -2.28. The molecule has 2 rings (SSSR count). The van der Waals surface area contributed by atoms with Gasteiger partial charge in [0, 0.05) is 18.1 Å². The average molecular weight is 301 g/mol. The highest BCUT2D eigenvalue weighted by Crippen LogP contribution is 2.38. The minimum atomic E-state index is -0.517. The smallest absolute Gasteiger partial charge is 0.337 e. The Morgan fingerprint density at radius 2 is 2.38 bits per heavy atom. The van der Waals surface area contributed by atoms with Crippen molar-refractivity contribution >= 4 is 18.6 Å². The van der Waals surface area contributed by atoms with E-state index in [4.69, 9.17) is 4.74 Å². The third-order valence-electron chi connectivity index (χ3n) is 3.18. The lowest BCUT2D eigenvalue weighted by molar-refractivity contribution is -0.138. The average Bonchev–Trinajstić information content (AvgIpc) is 2.47. The molecule has 21 heavy (non-hydrogen) atoms. The Morgan fingerprint density at radius 1 is 1.62 bits per heavy atom. The zero-order valence-corrected chi connectivity index (χ0v) is 12.6. The summed E-state index contributed by atoms with van der Waals surface area (Å²) < 4.78 is 5.09. The molecule has 0 saturated heterocycles. The van der Waals surface area contributed by atoms with E-state index in [1.54, 1.807) is 32.3 Å².